The van der Waals surface area contributed by atoms with Gasteiger partial charge in [-0.3, -0.25) is 4.90 Å². The molecule has 0 radical (unpaired) electrons. The lowest BCUT2D eigenvalue weighted by molar-refractivity contribution is 0.0640. The van der Waals surface area contributed by atoms with Crippen molar-refractivity contribution >= 4 is 0 Å². The SMILES string of the molecule is CN(Cc1ccccc1)CC(O)CN1CCC(CCc2ccc(O)cc2)CC1. The number of piperidine rings is 1. The Morgan fingerprint density at radius 2 is 1.68 bits per heavy atom. The van der Waals surface area contributed by atoms with Gasteiger partial charge in [-0.15, -0.1) is 0 Å². The van der Waals surface area contributed by atoms with Crippen LogP contribution in [0.25, 0.3) is 0 Å². The Hall–Kier alpha value is -1.88. The fourth-order valence-corrected chi connectivity index (χ4v) is 4.17. The molecular formula is C24H34N2O2. The third-order valence-corrected chi connectivity index (χ3v) is 5.77. The van der Waals surface area contributed by atoms with E-state index in [4.69, 9.17) is 0 Å². The van der Waals surface area contributed by atoms with Crippen molar-refractivity contribution in [1.29, 1.82) is 0 Å². The molecule has 2 N–H and O–H groups in total. The predicted octanol–water partition coefficient (Wildman–Crippen LogP) is 3.53. The Bertz CT molecular complexity index is 682. The molecular weight excluding hydrogens is 348 g/mol. The smallest absolute Gasteiger partial charge is 0.115 e. The Balaban J connectivity index is 1.32. The lowest BCUT2D eigenvalue weighted by atomic mass is 9.90. The maximum absolute atomic E-state index is 10.5. The lowest BCUT2D eigenvalue weighted by Gasteiger charge is -2.34. The number of phenolic OH excluding ortho intramolecular Hbond substituents is 1. The summed E-state index contributed by atoms with van der Waals surface area (Å²) in [4.78, 5) is 4.61. The molecule has 1 unspecified atom stereocenters. The summed E-state index contributed by atoms with van der Waals surface area (Å²) in [5, 5.41) is 19.9. The van der Waals surface area contributed by atoms with Crippen molar-refractivity contribution in [3.63, 3.8) is 0 Å². The van der Waals surface area contributed by atoms with Crippen LogP contribution in [-0.4, -0.2) is 59.3 Å². The molecule has 1 atom stereocenters. The van der Waals surface area contributed by atoms with Crippen molar-refractivity contribution in [3.05, 3.63) is 65.7 Å². The number of nitrogens with zero attached hydrogens (tertiary/aromatic N) is 2. The van der Waals surface area contributed by atoms with Gasteiger partial charge in [0.2, 0.25) is 0 Å². The maximum Gasteiger partial charge on any atom is 0.115 e. The highest BCUT2D eigenvalue weighted by atomic mass is 16.3. The highest BCUT2D eigenvalue weighted by Crippen LogP contribution is 2.23. The molecule has 4 nitrogen and oxygen atoms in total. The minimum atomic E-state index is -0.303. The first-order valence-corrected chi connectivity index (χ1v) is 10.5. The van der Waals surface area contributed by atoms with Crippen molar-refractivity contribution in [2.45, 2.75) is 38.3 Å². The minimum absolute atomic E-state index is 0.303. The number of rotatable bonds is 9. The van der Waals surface area contributed by atoms with Crippen molar-refractivity contribution < 1.29 is 10.2 Å². The number of hydrogen-bond acceptors (Lipinski definition) is 4. The molecule has 4 heteroatoms. The van der Waals surface area contributed by atoms with Crippen LogP contribution >= 0.6 is 0 Å². The van der Waals surface area contributed by atoms with E-state index in [1.165, 1.54) is 30.4 Å². The summed E-state index contributed by atoms with van der Waals surface area (Å²) in [6.07, 6.45) is 4.41. The molecule has 2 aromatic carbocycles. The fraction of sp³-hybridized carbons (Fsp3) is 0.500. The maximum atomic E-state index is 10.5. The quantitative estimate of drug-likeness (QED) is 0.697. The summed E-state index contributed by atoms with van der Waals surface area (Å²) < 4.78 is 0. The van der Waals surface area contributed by atoms with E-state index in [-0.39, 0.29) is 6.10 Å². The van der Waals surface area contributed by atoms with E-state index in [0.717, 1.165) is 38.5 Å². The third kappa shape index (κ3) is 6.93. The van der Waals surface area contributed by atoms with E-state index >= 15 is 0 Å². The summed E-state index contributed by atoms with van der Waals surface area (Å²) >= 11 is 0. The molecule has 0 spiro atoms. The van der Waals surface area contributed by atoms with Gasteiger partial charge in [-0.1, -0.05) is 42.5 Å². The van der Waals surface area contributed by atoms with Crippen molar-refractivity contribution in [3.8, 4) is 5.75 Å². The summed E-state index contributed by atoms with van der Waals surface area (Å²) in [6, 6.07) is 18.0. The zero-order valence-corrected chi connectivity index (χ0v) is 17.0. The molecule has 1 heterocycles. The first kappa shape index (κ1) is 20.8. The van der Waals surface area contributed by atoms with Gasteiger partial charge in [-0.05, 0) is 75.0 Å². The molecule has 0 amide bonds. The van der Waals surface area contributed by atoms with E-state index < -0.39 is 0 Å². The van der Waals surface area contributed by atoms with E-state index in [2.05, 4.69) is 41.1 Å². The Labute approximate surface area is 169 Å². The second kappa shape index (κ2) is 10.6. The Morgan fingerprint density at radius 1 is 1.00 bits per heavy atom. The zero-order chi connectivity index (χ0) is 19.8. The lowest BCUT2D eigenvalue weighted by Crippen LogP contribution is -2.42. The molecule has 1 fully saturated rings. The van der Waals surface area contributed by atoms with Gasteiger partial charge in [0.25, 0.3) is 0 Å². The second-order valence-electron chi connectivity index (χ2n) is 8.29. The second-order valence-corrected chi connectivity index (χ2v) is 8.29. The number of aliphatic hydroxyl groups excluding tert-OH is 1. The number of benzene rings is 2. The van der Waals surface area contributed by atoms with E-state index in [9.17, 15) is 10.2 Å². The first-order valence-electron chi connectivity index (χ1n) is 10.5. The summed E-state index contributed by atoms with van der Waals surface area (Å²) in [7, 11) is 2.08. The monoisotopic (exact) mass is 382 g/mol. The van der Waals surface area contributed by atoms with E-state index in [1.54, 1.807) is 12.1 Å². The van der Waals surface area contributed by atoms with Crippen LogP contribution in [0.2, 0.25) is 0 Å². The van der Waals surface area contributed by atoms with Gasteiger partial charge in [0.05, 0.1) is 6.10 Å². The van der Waals surface area contributed by atoms with Gasteiger partial charge < -0.3 is 15.1 Å². The topological polar surface area (TPSA) is 46.9 Å². The molecule has 0 bridgehead atoms. The Kier molecular flexibility index (Phi) is 7.90. The number of β-amino-alcohol motifs (C(OH)–C–C–N with tert-alkyl or cyclic N) is 1. The highest BCUT2D eigenvalue weighted by molar-refractivity contribution is 5.25. The number of phenols is 1. The predicted molar refractivity (Wildman–Crippen MR) is 114 cm³/mol. The average molecular weight is 383 g/mol. The van der Waals surface area contributed by atoms with E-state index in [0.29, 0.717) is 12.3 Å². The van der Waals surface area contributed by atoms with Crippen LogP contribution in [0.3, 0.4) is 0 Å². The number of hydrogen-bond donors (Lipinski definition) is 2. The molecule has 3 rings (SSSR count). The average Bonchev–Trinajstić information content (AvgIpc) is 2.69. The molecule has 28 heavy (non-hydrogen) atoms. The minimum Gasteiger partial charge on any atom is -0.508 e. The largest absolute Gasteiger partial charge is 0.508 e. The van der Waals surface area contributed by atoms with E-state index in [1.807, 2.05) is 18.2 Å². The van der Waals surface area contributed by atoms with Crippen LogP contribution in [0, 0.1) is 5.92 Å². The van der Waals surface area contributed by atoms with Gasteiger partial charge in [0.1, 0.15) is 5.75 Å². The van der Waals surface area contributed by atoms with Crippen molar-refractivity contribution in [2.75, 3.05) is 33.2 Å². The molecule has 0 aromatic heterocycles. The van der Waals surface area contributed by atoms with Crippen molar-refractivity contribution in [2.24, 2.45) is 5.92 Å². The molecule has 0 aliphatic carbocycles. The molecule has 0 saturated carbocycles. The summed E-state index contributed by atoms with van der Waals surface area (Å²) in [5.41, 5.74) is 2.59. The standard InChI is InChI=1S/C24H34N2O2/c1-25(17-22-5-3-2-4-6-22)18-24(28)19-26-15-13-21(14-16-26)8-7-20-9-11-23(27)12-10-20/h2-6,9-12,21,24,27-28H,7-8,13-19H2,1H3. The molecule has 1 saturated heterocycles. The van der Waals surface area contributed by atoms with Gasteiger partial charge in [-0.2, -0.15) is 0 Å². The molecule has 1 aliphatic heterocycles. The van der Waals surface area contributed by atoms with Crippen LogP contribution in [0.15, 0.2) is 54.6 Å². The van der Waals surface area contributed by atoms with Crippen molar-refractivity contribution in [1.82, 2.24) is 9.80 Å². The van der Waals surface area contributed by atoms with Crippen LogP contribution in [0.5, 0.6) is 5.75 Å². The number of likely N-dealkylation sites (tertiary alicyclic amines) is 1. The van der Waals surface area contributed by atoms with Crippen LogP contribution in [-0.2, 0) is 13.0 Å². The molecule has 152 valence electrons. The molecule has 1 aliphatic rings. The van der Waals surface area contributed by atoms with Crippen LogP contribution in [0.1, 0.15) is 30.4 Å². The summed E-state index contributed by atoms with van der Waals surface area (Å²) in [5.74, 6) is 1.10. The number of aliphatic hydroxyl groups is 1. The summed E-state index contributed by atoms with van der Waals surface area (Å²) in [6.45, 7) is 4.51. The van der Waals surface area contributed by atoms with Gasteiger partial charge in [-0.25, -0.2) is 0 Å². The Morgan fingerprint density at radius 3 is 2.36 bits per heavy atom. The van der Waals surface area contributed by atoms with Crippen LogP contribution < -0.4 is 0 Å². The van der Waals surface area contributed by atoms with Gasteiger partial charge >= 0.3 is 0 Å². The normalized spacial score (nSPS) is 17.1. The highest BCUT2D eigenvalue weighted by Gasteiger charge is 2.21. The number of likely N-dealkylation sites (N-methyl/N-ethyl adjacent to an activating group) is 1. The molecule has 2 aromatic rings. The number of aryl methyl sites for hydroxylation is 1. The number of aromatic hydroxyl groups is 1. The first-order chi connectivity index (χ1) is 13.6. The third-order valence-electron chi connectivity index (χ3n) is 5.77. The fourth-order valence-electron chi connectivity index (χ4n) is 4.17. The van der Waals surface area contributed by atoms with Crippen LogP contribution in [0.4, 0.5) is 0 Å². The van der Waals surface area contributed by atoms with Gasteiger partial charge in [0.15, 0.2) is 0 Å². The zero-order valence-electron chi connectivity index (χ0n) is 17.0. The van der Waals surface area contributed by atoms with Gasteiger partial charge in [0, 0.05) is 19.6 Å².